The quantitative estimate of drug-likeness (QED) is 0.878. The molecular formula is C15H19F2NO3. The van der Waals surface area contributed by atoms with E-state index in [1.807, 2.05) is 0 Å². The summed E-state index contributed by atoms with van der Waals surface area (Å²) in [5.41, 5.74) is 0.105. The molecule has 2 N–H and O–H groups in total. The highest BCUT2D eigenvalue weighted by molar-refractivity contribution is 5.96. The molecule has 21 heavy (non-hydrogen) atoms. The summed E-state index contributed by atoms with van der Waals surface area (Å²) in [7, 11) is 0. The van der Waals surface area contributed by atoms with Crippen molar-refractivity contribution in [3.8, 4) is 5.75 Å². The van der Waals surface area contributed by atoms with Crippen molar-refractivity contribution >= 4 is 5.91 Å². The van der Waals surface area contributed by atoms with Gasteiger partial charge in [-0.25, -0.2) is 0 Å². The SMILES string of the molecule is O=C(NCC1CCC(O)CC1)c1ccccc1OC(F)F. The maximum Gasteiger partial charge on any atom is 0.387 e. The molecule has 1 fully saturated rings. The van der Waals surface area contributed by atoms with E-state index < -0.39 is 12.5 Å². The second-order valence-corrected chi connectivity index (χ2v) is 5.26. The van der Waals surface area contributed by atoms with Crippen LogP contribution in [0, 0.1) is 5.92 Å². The average Bonchev–Trinajstić information content (AvgIpc) is 2.46. The number of para-hydroxylation sites is 1. The first kappa shape index (κ1) is 15.7. The van der Waals surface area contributed by atoms with Crippen molar-refractivity contribution in [3.63, 3.8) is 0 Å². The van der Waals surface area contributed by atoms with E-state index in [4.69, 9.17) is 0 Å². The van der Waals surface area contributed by atoms with Gasteiger partial charge in [-0.3, -0.25) is 4.79 Å². The van der Waals surface area contributed by atoms with Crippen molar-refractivity contribution in [1.82, 2.24) is 5.32 Å². The Balaban J connectivity index is 1.91. The predicted molar refractivity (Wildman–Crippen MR) is 73.4 cm³/mol. The molecule has 0 bridgehead atoms. The number of halogens is 2. The van der Waals surface area contributed by atoms with Crippen LogP contribution in [0.4, 0.5) is 8.78 Å². The van der Waals surface area contributed by atoms with Crippen LogP contribution in [0.2, 0.25) is 0 Å². The van der Waals surface area contributed by atoms with Gasteiger partial charge in [0.05, 0.1) is 11.7 Å². The van der Waals surface area contributed by atoms with Gasteiger partial charge in [-0.15, -0.1) is 0 Å². The minimum atomic E-state index is -2.96. The number of benzene rings is 1. The first-order valence-corrected chi connectivity index (χ1v) is 7.06. The van der Waals surface area contributed by atoms with Gasteiger partial charge in [0, 0.05) is 6.54 Å². The Kier molecular flexibility index (Phi) is 5.50. The van der Waals surface area contributed by atoms with E-state index >= 15 is 0 Å². The molecule has 0 saturated heterocycles. The molecule has 6 heteroatoms. The van der Waals surface area contributed by atoms with Crippen LogP contribution >= 0.6 is 0 Å². The van der Waals surface area contributed by atoms with Crippen molar-refractivity contribution in [2.45, 2.75) is 38.4 Å². The molecule has 0 spiro atoms. The standard InChI is InChI=1S/C15H19F2NO3/c16-15(17)21-13-4-2-1-3-12(13)14(20)18-9-10-5-7-11(19)8-6-10/h1-4,10-11,15,19H,5-9H2,(H,18,20). The van der Waals surface area contributed by atoms with Crippen molar-refractivity contribution < 1.29 is 23.4 Å². The van der Waals surface area contributed by atoms with Gasteiger partial charge in [-0.2, -0.15) is 8.78 Å². The zero-order chi connectivity index (χ0) is 15.2. The number of hydrogen-bond acceptors (Lipinski definition) is 3. The summed E-state index contributed by atoms with van der Waals surface area (Å²) < 4.78 is 28.9. The molecule has 116 valence electrons. The van der Waals surface area contributed by atoms with Crippen LogP contribution in [-0.4, -0.2) is 30.3 Å². The Bertz CT molecular complexity index is 474. The highest BCUT2D eigenvalue weighted by Gasteiger charge is 2.21. The fourth-order valence-corrected chi connectivity index (χ4v) is 2.53. The highest BCUT2D eigenvalue weighted by Crippen LogP contribution is 2.24. The molecule has 1 aliphatic carbocycles. The van der Waals surface area contributed by atoms with Crippen LogP contribution in [0.25, 0.3) is 0 Å². The molecule has 1 aromatic carbocycles. The van der Waals surface area contributed by atoms with Crippen molar-refractivity contribution in [3.05, 3.63) is 29.8 Å². The van der Waals surface area contributed by atoms with Gasteiger partial charge in [0.2, 0.25) is 0 Å². The summed E-state index contributed by atoms with van der Waals surface area (Å²) in [6, 6.07) is 5.94. The molecule has 0 aliphatic heterocycles. The average molecular weight is 299 g/mol. The van der Waals surface area contributed by atoms with Gasteiger partial charge >= 0.3 is 6.61 Å². The van der Waals surface area contributed by atoms with E-state index in [0.29, 0.717) is 12.5 Å². The molecule has 0 atom stereocenters. The van der Waals surface area contributed by atoms with E-state index in [1.165, 1.54) is 18.2 Å². The summed E-state index contributed by atoms with van der Waals surface area (Å²) in [6.07, 6.45) is 2.96. The smallest absolute Gasteiger partial charge is 0.387 e. The number of rotatable bonds is 5. The first-order valence-electron chi connectivity index (χ1n) is 7.06. The fourth-order valence-electron chi connectivity index (χ4n) is 2.53. The van der Waals surface area contributed by atoms with Crippen molar-refractivity contribution in [2.75, 3.05) is 6.54 Å². The number of aliphatic hydroxyl groups excluding tert-OH is 1. The highest BCUT2D eigenvalue weighted by atomic mass is 19.3. The summed E-state index contributed by atoms with van der Waals surface area (Å²) in [4.78, 5) is 12.1. The lowest BCUT2D eigenvalue weighted by atomic mass is 9.87. The number of carbonyl (C=O) groups excluding carboxylic acids is 1. The van der Waals surface area contributed by atoms with E-state index in [-0.39, 0.29) is 17.4 Å². The number of nitrogens with one attached hydrogen (secondary N) is 1. The Labute approximate surface area is 122 Å². The fraction of sp³-hybridized carbons (Fsp3) is 0.533. The third kappa shape index (κ3) is 4.67. The summed E-state index contributed by atoms with van der Waals surface area (Å²) >= 11 is 0. The Morgan fingerprint density at radius 3 is 2.62 bits per heavy atom. The van der Waals surface area contributed by atoms with Gasteiger partial charge in [-0.05, 0) is 43.7 Å². The van der Waals surface area contributed by atoms with Crippen LogP contribution < -0.4 is 10.1 Å². The molecule has 0 unspecified atom stereocenters. The van der Waals surface area contributed by atoms with Crippen LogP contribution in [-0.2, 0) is 0 Å². The zero-order valence-corrected chi connectivity index (χ0v) is 11.6. The Hall–Kier alpha value is -1.69. The van der Waals surface area contributed by atoms with Crippen LogP contribution in [0.5, 0.6) is 5.75 Å². The normalized spacial score (nSPS) is 22.1. The van der Waals surface area contributed by atoms with Gasteiger partial charge in [0.1, 0.15) is 5.75 Å². The second kappa shape index (κ2) is 7.36. The monoisotopic (exact) mass is 299 g/mol. The lowest BCUT2D eigenvalue weighted by Crippen LogP contribution is -2.32. The zero-order valence-electron chi connectivity index (χ0n) is 11.6. The van der Waals surface area contributed by atoms with E-state index in [0.717, 1.165) is 25.7 Å². The third-order valence-corrected chi connectivity index (χ3v) is 3.72. The maximum absolute atomic E-state index is 12.3. The summed E-state index contributed by atoms with van der Waals surface area (Å²) in [5, 5.41) is 12.2. The molecule has 1 amide bonds. The minimum absolute atomic E-state index is 0.105. The molecule has 4 nitrogen and oxygen atoms in total. The summed E-state index contributed by atoms with van der Waals surface area (Å²) in [5.74, 6) is -0.220. The number of aliphatic hydroxyl groups is 1. The van der Waals surface area contributed by atoms with Gasteiger partial charge < -0.3 is 15.2 Å². The van der Waals surface area contributed by atoms with E-state index in [2.05, 4.69) is 10.1 Å². The summed E-state index contributed by atoms with van der Waals surface area (Å²) in [6.45, 7) is -2.48. The van der Waals surface area contributed by atoms with Crippen LogP contribution in [0.3, 0.4) is 0 Å². The number of alkyl halides is 2. The minimum Gasteiger partial charge on any atom is -0.434 e. The predicted octanol–water partition coefficient (Wildman–Crippen LogP) is 2.57. The molecule has 0 heterocycles. The van der Waals surface area contributed by atoms with Crippen LogP contribution in [0.15, 0.2) is 24.3 Å². The molecule has 2 rings (SSSR count). The second-order valence-electron chi connectivity index (χ2n) is 5.26. The van der Waals surface area contributed by atoms with Gasteiger partial charge in [0.15, 0.2) is 0 Å². The number of ether oxygens (including phenoxy) is 1. The van der Waals surface area contributed by atoms with Crippen molar-refractivity contribution in [1.29, 1.82) is 0 Å². The first-order chi connectivity index (χ1) is 10.1. The van der Waals surface area contributed by atoms with Gasteiger partial charge in [0.25, 0.3) is 5.91 Å². The molecular weight excluding hydrogens is 280 g/mol. The lowest BCUT2D eigenvalue weighted by molar-refractivity contribution is -0.0501. The largest absolute Gasteiger partial charge is 0.434 e. The van der Waals surface area contributed by atoms with E-state index in [1.54, 1.807) is 6.07 Å². The van der Waals surface area contributed by atoms with Crippen LogP contribution in [0.1, 0.15) is 36.0 Å². The third-order valence-electron chi connectivity index (χ3n) is 3.72. The van der Waals surface area contributed by atoms with E-state index in [9.17, 15) is 18.7 Å². The topological polar surface area (TPSA) is 58.6 Å². The number of carbonyl (C=O) groups is 1. The lowest BCUT2D eigenvalue weighted by Gasteiger charge is -2.25. The number of amides is 1. The van der Waals surface area contributed by atoms with Crippen molar-refractivity contribution in [2.24, 2.45) is 5.92 Å². The van der Waals surface area contributed by atoms with Gasteiger partial charge in [-0.1, -0.05) is 12.1 Å². The maximum atomic E-state index is 12.3. The Morgan fingerprint density at radius 1 is 1.29 bits per heavy atom. The molecule has 1 aromatic rings. The molecule has 0 aromatic heterocycles. The number of hydrogen-bond donors (Lipinski definition) is 2. The molecule has 1 aliphatic rings. The Morgan fingerprint density at radius 2 is 1.95 bits per heavy atom. The molecule has 1 saturated carbocycles. The molecule has 0 radical (unpaired) electrons.